The molecule has 1 aromatic heterocycles. The van der Waals surface area contributed by atoms with Gasteiger partial charge < -0.3 is 5.32 Å². The number of anilines is 2. The van der Waals surface area contributed by atoms with E-state index in [1.54, 1.807) is 54.6 Å². The van der Waals surface area contributed by atoms with E-state index >= 15 is 0 Å². The number of sulfone groups is 1. The molecule has 0 radical (unpaired) electrons. The van der Waals surface area contributed by atoms with Crippen LogP contribution >= 0.6 is 23.1 Å². The van der Waals surface area contributed by atoms with E-state index in [2.05, 4.69) is 20.0 Å². The molecule has 0 saturated carbocycles. The maximum atomic E-state index is 12.4. The van der Waals surface area contributed by atoms with Gasteiger partial charge >= 0.3 is 6.03 Å². The Balaban J connectivity index is 1.66. The molecule has 0 aliphatic heterocycles. The molecule has 0 atom stereocenters. The first-order chi connectivity index (χ1) is 12.4. The summed E-state index contributed by atoms with van der Waals surface area (Å²) < 4.78 is 28.6. The van der Waals surface area contributed by atoms with Crippen LogP contribution in [0.4, 0.5) is 15.6 Å². The molecular weight excluding hydrogens is 396 g/mol. The first kappa shape index (κ1) is 18.3. The molecule has 1 heterocycles. The Morgan fingerprint density at radius 3 is 2.58 bits per heavy atom. The number of nitrogens with zero attached hydrogens (tertiary/aromatic N) is 2. The highest BCUT2D eigenvalue weighted by atomic mass is 35.5. The number of amides is 2. The standard InChI is InChI=1S/C16H13ClN4O3S2/c17-12-7-4-8-13(9-12)18-14(22)19-15-20-16(21-25-15)26(23,24)10-11-5-2-1-3-6-11/h1-9H,10H2,(H2,18,19,20,21,22). The third kappa shape index (κ3) is 4.78. The van der Waals surface area contributed by atoms with Crippen LogP contribution in [0.1, 0.15) is 5.56 Å². The normalized spacial score (nSPS) is 11.1. The van der Waals surface area contributed by atoms with Crippen molar-refractivity contribution in [3.8, 4) is 0 Å². The molecule has 0 unspecified atom stereocenters. The fraction of sp³-hybridized carbons (Fsp3) is 0.0625. The van der Waals surface area contributed by atoms with Gasteiger partial charge in [0.15, 0.2) is 0 Å². The third-order valence-corrected chi connectivity index (χ3v) is 5.62. The largest absolute Gasteiger partial charge is 0.325 e. The summed E-state index contributed by atoms with van der Waals surface area (Å²) >= 11 is 6.64. The summed E-state index contributed by atoms with van der Waals surface area (Å²) in [5.41, 5.74) is 1.13. The Labute approximate surface area is 159 Å². The fourth-order valence-electron chi connectivity index (χ4n) is 2.07. The molecule has 0 saturated heterocycles. The van der Waals surface area contributed by atoms with Crippen molar-refractivity contribution < 1.29 is 13.2 Å². The molecule has 134 valence electrons. The number of carbonyl (C=O) groups is 1. The Morgan fingerprint density at radius 1 is 1.08 bits per heavy atom. The van der Waals surface area contributed by atoms with E-state index < -0.39 is 15.9 Å². The minimum absolute atomic E-state index is 0.0798. The molecule has 0 fully saturated rings. The van der Waals surface area contributed by atoms with Gasteiger partial charge in [0.2, 0.25) is 15.0 Å². The monoisotopic (exact) mass is 408 g/mol. The van der Waals surface area contributed by atoms with Crippen LogP contribution in [0.25, 0.3) is 0 Å². The van der Waals surface area contributed by atoms with E-state index in [1.807, 2.05) is 0 Å². The fourth-order valence-corrected chi connectivity index (χ4v) is 4.35. The first-order valence-corrected chi connectivity index (χ1v) is 10.2. The molecule has 3 aromatic rings. The molecule has 26 heavy (non-hydrogen) atoms. The molecule has 3 rings (SSSR count). The maximum absolute atomic E-state index is 12.4. The molecule has 10 heteroatoms. The molecule has 0 aliphatic rings. The van der Waals surface area contributed by atoms with Crippen molar-refractivity contribution >= 4 is 49.8 Å². The SMILES string of the molecule is O=C(Nc1cccc(Cl)c1)Nc1nc(S(=O)(=O)Cc2ccccc2)ns1. The molecule has 7 nitrogen and oxygen atoms in total. The number of hydrogen-bond acceptors (Lipinski definition) is 6. The number of aromatic nitrogens is 2. The average molecular weight is 409 g/mol. The van der Waals surface area contributed by atoms with Crippen molar-refractivity contribution in [1.29, 1.82) is 0 Å². The second kappa shape index (κ2) is 7.81. The van der Waals surface area contributed by atoms with Crippen LogP contribution in [0, 0.1) is 0 Å². The topological polar surface area (TPSA) is 101 Å². The van der Waals surface area contributed by atoms with Crippen LogP contribution in [-0.2, 0) is 15.6 Å². The third-order valence-electron chi connectivity index (χ3n) is 3.19. The summed E-state index contributed by atoms with van der Waals surface area (Å²) in [5, 5.41) is 5.27. The van der Waals surface area contributed by atoms with Crippen LogP contribution in [-0.4, -0.2) is 23.8 Å². The van der Waals surface area contributed by atoms with Crippen LogP contribution in [0.5, 0.6) is 0 Å². The molecule has 0 aliphatic carbocycles. The molecule has 2 amide bonds. The lowest BCUT2D eigenvalue weighted by molar-refractivity contribution is 0.262. The zero-order chi connectivity index (χ0) is 18.6. The van der Waals surface area contributed by atoms with Crippen molar-refractivity contribution in [1.82, 2.24) is 9.36 Å². The van der Waals surface area contributed by atoms with Crippen molar-refractivity contribution in [3.05, 3.63) is 65.2 Å². The summed E-state index contributed by atoms with van der Waals surface area (Å²) in [6.45, 7) is 0. The number of carbonyl (C=O) groups excluding carboxylic acids is 1. The van der Waals surface area contributed by atoms with Crippen molar-refractivity contribution in [3.63, 3.8) is 0 Å². The summed E-state index contributed by atoms with van der Waals surface area (Å²) in [4.78, 5) is 15.9. The van der Waals surface area contributed by atoms with Crippen molar-refractivity contribution in [2.24, 2.45) is 0 Å². The van der Waals surface area contributed by atoms with Crippen molar-refractivity contribution in [2.75, 3.05) is 10.6 Å². The number of rotatable bonds is 5. The first-order valence-electron chi connectivity index (χ1n) is 7.36. The lowest BCUT2D eigenvalue weighted by Crippen LogP contribution is -2.19. The number of halogens is 1. The second-order valence-corrected chi connectivity index (χ2v) is 8.29. The number of nitrogens with one attached hydrogen (secondary N) is 2. The Kier molecular flexibility index (Phi) is 5.50. The predicted molar refractivity (Wildman–Crippen MR) is 101 cm³/mol. The van der Waals surface area contributed by atoms with Crippen LogP contribution in [0.3, 0.4) is 0 Å². The van der Waals surface area contributed by atoms with Gasteiger partial charge in [0, 0.05) is 22.2 Å². The number of hydrogen-bond donors (Lipinski definition) is 2. The van der Waals surface area contributed by atoms with Gasteiger partial charge in [-0.05, 0) is 23.8 Å². The molecule has 0 spiro atoms. The lowest BCUT2D eigenvalue weighted by atomic mass is 10.2. The number of benzene rings is 2. The van der Waals surface area contributed by atoms with Gasteiger partial charge in [-0.1, -0.05) is 48.0 Å². The molecule has 0 bridgehead atoms. The predicted octanol–water partition coefficient (Wildman–Crippen LogP) is 3.81. The zero-order valence-corrected chi connectivity index (χ0v) is 15.6. The van der Waals surface area contributed by atoms with E-state index in [1.165, 1.54) is 0 Å². The van der Waals surface area contributed by atoms with Gasteiger partial charge in [0.25, 0.3) is 5.16 Å². The molecule has 2 N–H and O–H groups in total. The van der Waals surface area contributed by atoms with E-state index in [4.69, 9.17) is 11.6 Å². The number of urea groups is 1. The zero-order valence-electron chi connectivity index (χ0n) is 13.2. The van der Waals surface area contributed by atoms with E-state index in [0.717, 1.165) is 11.5 Å². The van der Waals surface area contributed by atoms with E-state index in [0.29, 0.717) is 16.3 Å². The minimum atomic E-state index is -3.69. The average Bonchev–Trinajstić information content (AvgIpc) is 3.04. The van der Waals surface area contributed by atoms with Gasteiger partial charge in [-0.3, -0.25) is 5.32 Å². The van der Waals surface area contributed by atoms with Gasteiger partial charge in [0.1, 0.15) is 0 Å². The summed E-state index contributed by atoms with van der Waals surface area (Å²) in [7, 11) is -3.69. The summed E-state index contributed by atoms with van der Waals surface area (Å²) in [5.74, 6) is -0.210. The highest BCUT2D eigenvalue weighted by Crippen LogP contribution is 2.20. The van der Waals surface area contributed by atoms with Gasteiger partial charge in [0.05, 0.1) is 5.75 Å². The summed E-state index contributed by atoms with van der Waals surface area (Å²) in [6.07, 6.45) is 0. The van der Waals surface area contributed by atoms with E-state index in [-0.39, 0.29) is 16.0 Å². The summed E-state index contributed by atoms with van der Waals surface area (Å²) in [6, 6.07) is 14.8. The molecule has 2 aromatic carbocycles. The lowest BCUT2D eigenvalue weighted by Gasteiger charge is -2.05. The van der Waals surface area contributed by atoms with Gasteiger partial charge in [-0.15, -0.1) is 0 Å². The maximum Gasteiger partial charge on any atom is 0.325 e. The van der Waals surface area contributed by atoms with E-state index in [9.17, 15) is 13.2 Å². The van der Waals surface area contributed by atoms with Gasteiger partial charge in [-0.25, -0.2) is 13.2 Å². The Hall–Kier alpha value is -2.49. The Bertz CT molecular complexity index is 1020. The highest BCUT2D eigenvalue weighted by molar-refractivity contribution is 7.90. The van der Waals surface area contributed by atoms with Gasteiger partial charge in [-0.2, -0.15) is 9.36 Å². The highest BCUT2D eigenvalue weighted by Gasteiger charge is 2.21. The second-order valence-electron chi connectivity index (χ2n) is 5.22. The smallest absolute Gasteiger partial charge is 0.308 e. The Morgan fingerprint density at radius 2 is 1.85 bits per heavy atom. The van der Waals surface area contributed by atoms with Crippen LogP contribution in [0.2, 0.25) is 5.02 Å². The van der Waals surface area contributed by atoms with Crippen molar-refractivity contribution in [2.45, 2.75) is 10.9 Å². The van der Waals surface area contributed by atoms with Crippen LogP contribution in [0.15, 0.2) is 59.8 Å². The van der Waals surface area contributed by atoms with Crippen LogP contribution < -0.4 is 10.6 Å². The molecular formula is C16H13ClN4O3S2. The quantitative estimate of drug-likeness (QED) is 0.668. The minimum Gasteiger partial charge on any atom is -0.308 e.